The van der Waals surface area contributed by atoms with Gasteiger partial charge in [0.15, 0.2) is 11.5 Å². The van der Waals surface area contributed by atoms with E-state index in [0.717, 1.165) is 34.0 Å². The zero-order chi connectivity index (χ0) is 21.4. The molecule has 9 nitrogen and oxygen atoms in total. The summed E-state index contributed by atoms with van der Waals surface area (Å²) in [6.45, 7) is 2.08. The number of fused-ring (bicyclic) bond motifs is 1. The van der Waals surface area contributed by atoms with Crippen LogP contribution in [-0.2, 0) is 7.05 Å². The van der Waals surface area contributed by atoms with E-state index >= 15 is 0 Å². The first-order valence-corrected chi connectivity index (χ1v) is 10.0. The van der Waals surface area contributed by atoms with Crippen molar-refractivity contribution < 1.29 is 0 Å². The van der Waals surface area contributed by atoms with Crippen molar-refractivity contribution in [2.24, 2.45) is 7.05 Å². The zero-order valence-electron chi connectivity index (χ0n) is 17.6. The summed E-state index contributed by atoms with van der Waals surface area (Å²) < 4.78 is 5.81. The van der Waals surface area contributed by atoms with Gasteiger partial charge in [0.2, 0.25) is 0 Å². The van der Waals surface area contributed by atoms with Gasteiger partial charge in [-0.1, -0.05) is 0 Å². The number of aromatic nitrogens is 7. The minimum absolute atomic E-state index is 0.0812. The highest BCUT2D eigenvalue weighted by molar-refractivity contribution is 5.74. The van der Waals surface area contributed by atoms with Gasteiger partial charge >= 0.3 is 0 Å². The van der Waals surface area contributed by atoms with E-state index in [9.17, 15) is 0 Å². The maximum absolute atomic E-state index is 4.86. The van der Waals surface area contributed by atoms with Crippen LogP contribution in [-0.4, -0.2) is 40.7 Å². The van der Waals surface area contributed by atoms with Gasteiger partial charge in [0.25, 0.3) is 0 Å². The average molecular weight is 413 g/mol. The molecule has 0 saturated carbocycles. The lowest BCUT2D eigenvalue weighted by Gasteiger charge is -2.15. The van der Waals surface area contributed by atoms with Crippen LogP contribution in [0.1, 0.15) is 18.7 Å². The Bertz CT molecular complexity index is 1310. The molecule has 0 amide bonds. The third kappa shape index (κ3) is 3.55. The van der Waals surface area contributed by atoms with Crippen molar-refractivity contribution in [1.29, 1.82) is 0 Å². The molecular weight excluding hydrogens is 390 g/mol. The molecule has 1 aromatic carbocycles. The number of benzene rings is 1. The lowest BCUT2D eigenvalue weighted by molar-refractivity contribution is 0.629. The molecule has 156 valence electrons. The average Bonchev–Trinajstić information content (AvgIpc) is 3.54. The van der Waals surface area contributed by atoms with Crippen molar-refractivity contribution in [2.75, 3.05) is 12.4 Å². The van der Waals surface area contributed by atoms with Crippen molar-refractivity contribution in [3.8, 4) is 16.9 Å². The van der Waals surface area contributed by atoms with Gasteiger partial charge in [0, 0.05) is 54.8 Å². The number of anilines is 2. The Kier molecular flexibility index (Phi) is 4.72. The highest BCUT2D eigenvalue weighted by Crippen LogP contribution is 2.27. The largest absolute Gasteiger partial charge is 0.337 e. The number of aryl methyl sites for hydroxylation is 1. The quantitative estimate of drug-likeness (QED) is 0.444. The fraction of sp³-hybridized carbons (Fsp3) is 0.182. The first-order chi connectivity index (χ1) is 15.1. The Morgan fingerprint density at radius 3 is 2.58 bits per heavy atom. The SMILES string of the molecule is CN[C@@H](C)c1cn2c(-c3cnn(C)c3)cnc2c(Nc2ccc(-n3ccnc3)cc2)n1. The molecule has 0 spiro atoms. The summed E-state index contributed by atoms with van der Waals surface area (Å²) in [7, 11) is 3.83. The van der Waals surface area contributed by atoms with Crippen LogP contribution in [0.25, 0.3) is 22.6 Å². The molecule has 0 radical (unpaired) electrons. The van der Waals surface area contributed by atoms with Crippen LogP contribution in [0.2, 0.25) is 0 Å². The number of hydrogen-bond acceptors (Lipinski definition) is 6. The van der Waals surface area contributed by atoms with Crippen molar-refractivity contribution in [3.63, 3.8) is 0 Å². The lowest BCUT2D eigenvalue weighted by atomic mass is 10.2. The molecule has 9 heteroatoms. The topological polar surface area (TPSA) is 89.9 Å². The molecule has 1 atom stereocenters. The lowest BCUT2D eigenvalue weighted by Crippen LogP contribution is -2.15. The summed E-state index contributed by atoms with van der Waals surface area (Å²) in [5, 5.41) is 11.0. The standard InChI is InChI=1S/C22H23N9/c1-15(23-2)19-13-31-20(16-10-26-29(3)12-16)11-25-22(31)21(28-19)27-17-4-6-18(7-5-17)30-9-8-24-14-30/h4-15,23H,1-3H3,(H,27,28)/t15-/m0/s1. The van der Waals surface area contributed by atoms with Crippen LogP contribution < -0.4 is 10.6 Å². The second-order valence-corrected chi connectivity index (χ2v) is 7.41. The highest BCUT2D eigenvalue weighted by atomic mass is 15.2. The van der Waals surface area contributed by atoms with Gasteiger partial charge < -0.3 is 15.2 Å². The first-order valence-electron chi connectivity index (χ1n) is 10.0. The van der Waals surface area contributed by atoms with Crippen LogP contribution in [0.5, 0.6) is 0 Å². The fourth-order valence-electron chi connectivity index (χ4n) is 3.48. The van der Waals surface area contributed by atoms with E-state index in [4.69, 9.17) is 4.98 Å². The zero-order valence-corrected chi connectivity index (χ0v) is 17.6. The fourth-order valence-corrected chi connectivity index (χ4v) is 3.48. The van der Waals surface area contributed by atoms with Crippen LogP contribution in [0, 0.1) is 0 Å². The Hall–Kier alpha value is -3.98. The summed E-state index contributed by atoms with van der Waals surface area (Å²) in [6, 6.07) is 8.19. The van der Waals surface area contributed by atoms with Gasteiger partial charge in [-0.3, -0.25) is 9.08 Å². The van der Waals surface area contributed by atoms with Gasteiger partial charge in [0.05, 0.1) is 30.1 Å². The Balaban J connectivity index is 1.56. The van der Waals surface area contributed by atoms with Gasteiger partial charge in [-0.2, -0.15) is 5.10 Å². The summed E-state index contributed by atoms with van der Waals surface area (Å²) in [4.78, 5) is 13.6. The Labute approximate surface area is 179 Å². The monoisotopic (exact) mass is 413 g/mol. The summed E-state index contributed by atoms with van der Waals surface area (Å²) >= 11 is 0. The second-order valence-electron chi connectivity index (χ2n) is 7.41. The van der Waals surface area contributed by atoms with E-state index in [-0.39, 0.29) is 6.04 Å². The third-order valence-corrected chi connectivity index (χ3v) is 5.32. The number of nitrogens with zero attached hydrogens (tertiary/aromatic N) is 7. The van der Waals surface area contributed by atoms with Crippen LogP contribution >= 0.6 is 0 Å². The van der Waals surface area contributed by atoms with Crippen LogP contribution in [0.15, 0.2) is 67.8 Å². The molecule has 0 unspecified atom stereocenters. The summed E-state index contributed by atoms with van der Waals surface area (Å²) in [6.07, 6.45) is 13.2. The van der Waals surface area contributed by atoms with Crippen molar-refractivity contribution in [1.82, 2.24) is 39.0 Å². The number of hydrogen-bond donors (Lipinski definition) is 2. The van der Waals surface area contributed by atoms with Crippen molar-refractivity contribution >= 4 is 17.2 Å². The summed E-state index contributed by atoms with van der Waals surface area (Å²) in [5.41, 5.74) is 5.60. The molecule has 31 heavy (non-hydrogen) atoms. The third-order valence-electron chi connectivity index (χ3n) is 5.32. The van der Waals surface area contributed by atoms with E-state index in [2.05, 4.69) is 37.0 Å². The molecule has 0 saturated heterocycles. The minimum atomic E-state index is 0.0812. The molecule has 0 aliphatic heterocycles. The Morgan fingerprint density at radius 2 is 1.90 bits per heavy atom. The molecule has 0 aliphatic rings. The van der Waals surface area contributed by atoms with E-state index in [0.29, 0.717) is 5.82 Å². The van der Waals surface area contributed by atoms with E-state index in [1.54, 1.807) is 17.2 Å². The molecule has 0 fully saturated rings. The highest BCUT2D eigenvalue weighted by Gasteiger charge is 2.16. The normalized spacial score (nSPS) is 12.4. The molecule has 0 aliphatic carbocycles. The molecule has 4 heterocycles. The molecule has 2 N–H and O–H groups in total. The number of rotatable bonds is 6. The van der Waals surface area contributed by atoms with E-state index in [1.165, 1.54) is 0 Å². The van der Waals surface area contributed by atoms with Crippen molar-refractivity contribution in [3.05, 3.63) is 73.5 Å². The smallest absolute Gasteiger partial charge is 0.180 e. The van der Waals surface area contributed by atoms with Crippen LogP contribution in [0.4, 0.5) is 11.5 Å². The van der Waals surface area contributed by atoms with E-state index < -0.39 is 0 Å². The maximum atomic E-state index is 4.86. The molecule has 5 rings (SSSR count). The van der Waals surface area contributed by atoms with Gasteiger partial charge in [0.1, 0.15) is 0 Å². The van der Waals surface area contributed by atoms with Crippen molar-refractivity contribution in [2.45, 2.75) is 13.0 Å². The van der Waals surface area contributed by atoms with Gasteiger partial charge in [-0.15, -0.1) is 0 Å². The number of imidazole rings is 2. The number of nitrogens with one attached hydrogen (secondary N) is 2. The predicted octanol–water partition coefficient (Wildman–Crippen LogP) is 3.34. The molecular formula is C22H23N9. The van der Waals surface area contributed by atoms with Crippen LogP contribution in [0.3, 0.4) is 0 Å². The second kappa shape index (κ2) is 7.69. The Morgan fingerprint density at radius 1 is 1.06 bits per heavy atom. The molecule has 0 bridgehead atoms. The van der Waals surface area contributed by atoms with E-state index in [1.807, 2.05) is 73.9 Å². The predicted molar refractivity (Wildman–Crippen MR) is 120 cm³/mol. The van der Waals surface area contributed by atoms with Gasteiger partial charge in [-0.05, 0) is 38.2 Å². The first kappa shape index (κ1) is 19.0. The summed E-state index contributed by atoms with van der Waals surface area (Å²) in [5.74, 6) is 0.699. The molecule has 4 aromatic heterocycles. The van der Waals surface area contributed by atoms with Gasteiger partial charge in [-0.25, -0.2) is 15.0 Å². The minimum Gasteiger partial charge on any atom is -0.337 e. The maximum Gasteiger partial charge on any atom is 0.180 e. The molecule has 5 aromatic rings.